The third kappa shape index (κ3) is 3.92. The second-order valence-corrected chi connectivity index (χ2v) is 7.55. The van der Waals surface area contributed by atoms with Crippen LogP contribution < -0.4 is 9.64 Å². The number of carbonyl (C=O) groups excluding carboxylic acids is 1. The second kappa shape index (κ2) is 7.94. The predicted octanol–water partition coefficient (Wildman–Crippen LogP) is 4.13. The molecule has 3 rings (SSSR count). The van der Waals surface area contributed by atoms with Crippen LogP contribution in [0, 0.1) is 5.92 Å². The van der Waals surface area contributed by atoms with Crippen LogP contribution in [0.25, 0.3) is 0 Å². The third-order valence-corrected chi connectivity index (χ3v) is 5.37. The quantitative estimate of drug-likeness (QED) is 0.823. The molecule has 0 aromatic heterocycles. The van der Waals surface area contributed by atoms with Gasteiger partial charge in [-0.1, -0.05) is 45.2 Å². The summed E-state index contributed by atoms with van der Waals surface area (Å²) >= 11 is 0. The number of anilines is 1. The number of hydrogen-bond donors (Lipinski definition) is 1. The van der Waals surface area contributed by atoms with E-state index in [4.69, 9.17) is 9.84 Å². The van der Waals surface area contributed by atoms with Gasteiger partial charge in [0.2, 0.25) is 0 Å². The van der Waals surface area contributed by atoms with Crippen molar-refractivity contribution in [2.45, 2.75) is 58.0 Å². The van der Waals surface area contributed by atoms with E-state index in [1.54, 1.807) is 4.90 Å². The molecule has 140 valence electrons. The highest BCUT2D eigenvalue weighted by Gasteiger charge is 2.33. The van der Waals surface area contributed by atoms with Gasteiger partial charge in [0.15, 0.2) is 0 Å². The Balaban J connectivity index is 1.99. The molecule has 1 heterocycles. The summed E-state index contributed by atoms with van der Waals surface area (Å²) in [6.45, 7) is 4.59. The lowest BCUT2D eigenvalue weighted by atomic mass is 9.83. The van der Waals surface area contributed by atoms with E-state index < -0.39 is 5.97 Å². The number of carboxylic acids is 1. The number of amides is 1. The second-order valence-electron chi connectivity index (χ2n) is 7.55. The number of rotatable bonds is 4. The van der Waals surface area contributed by atoms with E-state index in [0.29, 0.717) is 12.5 Å². The average molecular weight is 357 g/mol. The molecule has 1 fully saturated rings. The summed E-state index contributed by atoms with van der Waals surface area (Å²) in [5, 5.41) is 8.83. The summed E-state index contributed by atoms with van der Waals surface area (Å²) in [7, 11) is 0. The van der Waals surface area contributed by atoms with Gasteiger partial charge < -0.3 is 14.7 Å². The lowest BCUT2D eigenvalue weighted by Gasteiger charge is -2.38. The third-order valence-electron chi connectivity index (χ3n) is 5.37. The number of carboxylic acid groups (broad SMARTS) is 1. The van der Waals surface area contributed by atoms with Gasteiger partial charge in [0, 0.05) is 12.2 Å². The first-order valence-corrected chi connectivity index (χ1v) is 9.49. The SMILES string of the molecule is CC(C)C1CN(C(=O)/C=C/C(=O)O)c2cccc(C3CCCCC3)c2O1. The number of carbonyl (C=O) groups is 2. The molecule has 1 N–H and O–H groups in total. The molecular formula is C21H27NO4. The van der Waals surface area contributed by atoms with Gasteiger partial charge in [0.1, 0.15) is 11.9 Å². The van der Waals surface area contributed by atoms with Crippen LogP contribution in [0.4, 0.5) is 5.69 Å². The zero-order valence-corrected chi connectivity index (χ0v) is 15.5. The maximum absolute atomic E-state index is 12.6. The summed E-state index contributed by atoms with van der Waals surface area (Å²) in [6, 6.07) is 5.99. The molecule has 1 aliphatic carbocycles. The van der Waals surface area contributed by atoms with Crippen LogP contribution in [0.3, 0.4) is 0 Å². The van der Waals surface area contributed by atoms with Crippen LogP contribution in [-0.4, -0.2) is 29.6 Å². The molecule has 5 heteroatoms. The van der Waals surface area contributed by atoms with Gasteiger partial charge in [-0.25, -0.2) is 4.79 Å². The Labute approximate surface area is 154 Å². The minimum Gasteiger partial charge on any atom is -0.486 e. The summed E-state index contributed by atoms with van der Waals surface area (Å²) in [5.74, 6) is 0.0884. The minimum atomic E-state index is -1.12. The maximum Gasteiger partial charge on any atom is 0.328 e. The molecule has 0 bridgehead atoms. The Morgan fingerprint density at radius 3 is 2.58 bits per heavy atom. The smallest absolute Gasteiger partial charge is 0.328 e. The summed E-state index contributed by atoms with van der Waals surface area (Å²) in [4.78, 5) is 25.1. The normalized spacial score (nSPS) is 20.9. The Kier molecular flexibility index (Phi) is 5.64. The Morgan fingerprint density at radius 1 is 1.19 bits per heavy atom. The first kappa shape index (κ1) is 18.5. The molecular weight excluding hydrogens is 330 g/mol. The van der Waals surface area contributed by atoms with Gasteiger partial charge >= 0.3 is 5.97 Å². The number of ether oxygens (including phenoxy) is 1. The monoisotopic (exact) mass is 357 g/mol. The van der Waals surface area contributed by atoms with E-state index in [1.807, 2.05) is 12.1 Å². The van der Waals surface area contributed by atoms with Crippen molar-refractivity contribution in [2.75, 3.05) is 11.4 Å². The molecule has 1 aromatic carbocycles. The Bertz CT molecular complexity index is 704. The molecule has 0 spiro atoms. The molecule has 1 unspecified atom stereocenters. The standard InChI is InChI=1S/C21H27NO4/c1-14(2)18-13-22(19(23)11-12-20(24)25)17-10-6-9-16(21(17)26-18)15-7-4-3-5-8-15/h6,9-12,14-15,18H,3-5,7-8,13H2,1-2H3,(H,24,25)/b12-11+. The highest BCUT2D eigenvalue weighted by atomic mass is 16.5. The summed E-state index contributed by atoms with van der Waals surface area (Å²) in [6.07, 6.45) is 7.96. The number of fused-ring (bicyclic) bond motifs is 1. The zero-order chi connectivity index (χ0) is 18.7. The highest BCUT2D eigenvalue weighted by Crippen LogP contribution is 2.45. The lowest BCUT2D eigenvalue weighted by Crippen LogP contribution is -2.45. The first-order chi connectivity index (χ1) is 12.5. The van der Waals surface area contributed by atoms with E-state index in [0.717, 1.165) is 36.4 Å². The van der Waals surface area contributed by atoms with E-state index in [2.05, 4.69) is 19.9 Å². The number of para-hydroxylation sites is 1. The number of hydrogen-bond acceptors (Lipinski definition) is 3. The average Bonchev–Trinajstić information content (AvgIpc) is 2.65. The van der Waals surface area contributed by atoms with Crippen LogP contribution in [0.5, 0.6) is 5.75 Å². The fraction of sp³-hybridized carbons (Fsp3) is 0.524. The molecule has 0 radical (unpaired) electrons. The van der Waals surface area contributed by atoms with Crippen LogP contribution in [0.15, 0.2) is 30.4 Å². The maximum atomic E-state index is 12.6. The fourth-order valence-corrected chi connectivity index (χ4v) is 3.87. The number of benzene rings is 1. The number of aliphatic carboxylic acids is 1. The van der Waals surface area contributed by atoms with Crippen molar-refractivity contribution in [3.05, 3.63) is 35.9 Å². The van der Waals surface area contributed by atoms with E-state index in [1.165, 1.54) is 24.8 Å². The van der Waals surface area contributed by atoms with Crippen molar-refractivity contribution < 1.29 is 19.4 Å². The molecule has 0 saturated heterocycles. The van der Waals surface area contributed by atoms with Crippen LogP contribution in [-0.2, 0) is 9.59 Å². The molecule has 1 atom stereocenters. The van der Waals surface area contributed by atoms with Crippen LogP contribution >= 0.6 is 0 Å². The van der Waals surface area contributed by atoms with Crippen LogP contribution in [0.2, 0.25) is 0 Å². The number of nitrogens with zero attached hydrogens (tertiary/aromatic N) is 1. The van der Waals surface area contributed by atoms with Crippen molar-refractivity contribution in [2.24, 2.45) is 5.92 Å². The van der Waals surface area contributed by atoms with Crippen molar-refractivity contribution in [1.82, 2.24) is 0 Å². The van der Waals surface area contributed by atoms with Gasteiger partial charge in [-0.2, -0.15) is 0 Å². The van der Waals surface area contributed by atoms with Gasteiger partial charge in [-0.3, -0.25) is 4.79 Å². The molecule has 5 nitrogen and oxygen atoms in total. The first-order valence-electron chi connectivity index (χ1n) is 9.49. The van der Waals surface area contributed by atoms with Crippen molar-refractivity contribution >= 4 is 17.6 Å². The molecule has 2 aliphatic rings. The van der Waals surface area contributed by atoms with Gasteiger partial charge in [0.25, 0.3) is 5.91 Å². The summed E-state index contributed by atoms with van der Waals surface area (Å²) < 4.78 is 6.35. The zero-order valence-electron chi connectivity index (χ0n) is 15.5. The van der Waals surface area contributed by atoms with Crippen molar-refractivity contribution in [3.8, 4) is 5.75 Å². The molecule has 1 amide bonds. The Hall–Kier alpha value is -2.30. The largest absolute Gasteiger partial charge is 0.486 e. The molecule has 26 heavy (non-hydrogen) atoms. The van der Waals surface area contributed by atoms with Gasteiger partial charge in [-0.15, -0.1) is 0 Å². The van der Waals surface area contributed by atoms with E-state index >= 15 is 0 Å². The molecule has 1 aromatic rings. The van der Waals surface area contributed by atoms with Crippen molar-refractivity contribution in [1.29, 1.82) is 0 Å². The topological polar surface area (TPSA) is 66.8 Å². The van der Waals surface area contributed by atoms with Crippen LogP contribution in [0.1, 0.15) is 57.4 Å². The van der Waals surface area contributed by atoms with E-state index in [9.17, 15) is 9.59 Å². The van der Waals surface area contributed by atoms with Gasteiger partial charge in [-0.05, 0) is 36.3 Å². The Morgan fingerprint density at radius 2 is 1.92 bits per heavy atom. The fourth-order valence-electron chi connectivity index (χ4n) is 3.87. The summed E-state index contributed by atoms with van der Waals surface area (Å²) in [5.41, 5.74) is 1.94. The molecule has 1 aliphatic heterocycles. The predicted molar refractivity (Wildman–Crippen MR) is 101 cm³/mol. The lowest BCUT2D eigenvalue weighted by molar-refractivity contribution is -0.131. The molecule has 1 saturated carbocycles. The van der Waals surface area contributed by atoms with E-state index in [-0.39, 0.29) is 17.9 Å². The minimum absolute atomic E-state index is 0.102. The highest BCUT2D eigenvalue weighted by molar-refractivity contribution is 6.05. The van der Waals surface area contributed by atoms with Crippen molar-refractivity contribution in [3.63, 3.8) is 0 Å². The van der Waals surface area contributed by atoms with Gasteiger partial charge in [0.05, 0.1) is 12.2 Å².